The van der Waals surface area contributed by atoms with Crippen molar-refractivity contribution in [3.05, 3.63) is 24.2 Å². The molecule has 0 fully saturated rings. The smallest absolute Gasteiger partial charge is 0.248 e. The van der Waals surface area contributed by atoms with Crippen molar-refractivity contribution in [2.45, 2.75) is 12.1 Å². The van der Waals surface area contributed by atoms with Crippen molar-refractivity contribution in [3.63, 3.8) is 0 Å². The zero-order valence-corrected chi connectivity index (χ0v) is 13.0. The maximum Gasteiger partial charge on any atom is 0.248 e. The Morgan fingerprint density at radius 1 is 1.47 bits per heavy atom. The Morgan fingerprint density at radius 3 is 2.53 bits per heavy atom. The minimum absolute atomic E-state index is 0. The molecule has 0 aliphatic carbocycles. The predicted molar refractivity (Wildman–Crippen MR) is 59.8 cm³/mol. The van der Waals surface area contributed by atoms with E-state index in [1.165, 1.54) is 6.07 Å². The van der Waals surface area contributed by atoms with E-state index in [1.54, 1.807) is 6.92 Å². The van der Waals surface area contributed by atoms with Gasteiger partial charge >= 0.3 is 0 Å². The molecule has 0 atom stereocenters. The van der Waals surface area contributed by atoms with Gasteiger partial charge < -0.3 is 16.9 Å². The summed E-state index contributed by atoms with van der Waals surface area (Å²) in [5.41, 5.74) is 0.489. The number of sulfone groups is 1. The molecule has 0 aromatic carbocycles. The quantitative estimate of drug-likeness (QED) is 0.493. The Labute approximate surface area is 125 Å². The van der Waals surface area contributed by atoms with Crippen molar-refractivity contribution < 1.29 is 41.1 Å². The summed E-state index contributed by atoms with van der Waals surface area (Å²) in [4.78, 5) is 10.7. The van der Waals surface area contributed by atoms with E-state index >= 15 is 0 Å². The number of rotatable bonds is 4. The first-order valence-corrected chi connectivity index (χ1v) is 6.08. The Hall–Kier alpha value is -0.656. The summed E-state index contributed by atoms with van der Waals surface area (Å²) in [7, 11) is -3.46. The van der Waals surface area contributed by atoms with Crippen molar-refractivity contribution in [1.29, 1.82) is 0 Å². The van der Waals surface area contributed by atoms with Gasteiger partial charge in [-0.2, -0.15) is 6.72 Å². The number of hydrogen-bond donors (Lipinski definition) is 1. The molecule has 0 unspecified atom stereocenters. The summed E-state index contributed by atoms with van der Waals surface area (Å²) < 4.78 is 22.5. The third kappa shape index (κ3) is 5.01. The van der Waals surface area contributed by atoms with Crippen LogP contribution in [-0.2, 0) is 42.5 Å². The normalized spacial score (nSPS) is 10.2. The van der Waals surface area contributed by atoms with Crippen molar-refractivity contribution >= 4 is 22.4 Å². The van der Waals surface area contributed by atoms with Crippen LogP contribution in [0.4, 0.5) is 5.82 Å². The summed E-state index contributed by atoms with van der Waals surface area (Å²) in [6, 6.07) is 1.52. The summed E-state index contributed by atoms with van der Waals surface area (Å²) >= 11 is 0. The number of nitrogens with zero attached hydrogens (tertiary/aromatic N) is 3. The number of hydrogen-bond acceptors (Lipinski definition) is 6. The molecule has 1 N–H and O–H groups in total. The van der Waals surface area contributed by atoms with Gasteiger partial charge in [-0.05, 0) is 6.92 Å². The minimum atomic E-state index is -3.46. The average molecular weight is 327 g/mol. The van der Waals surface area contributed by atoms with Gasteiger partial charge in [-0.1, -0.05) is 0 Å². The molecule has 6 nitrogen and oxygen atoms in total. The second-order valence-electron chi connectivity index (χ2n) is 3.09. The molecule has 0 spiro atoms. The van der Waals surface area contributed by atoms with Crippen molar-refractivity contribution in [2.24, 2.45) is 4.99 Å². The molecule has 1 radical (unpaired) electrons. The summed E-state index contributed by atoms with van der Waals surface area (Å²) in [6.07, 6.45) is 1.02. The Morgan fingerprint density at radius 2 is 2.06 bits per heavy atom. The zero-order valence-electron chi connectivity index (χ0n) is 9.38. The van der Waals surface area contributed by atoms with Crippen molar-refractivity contribution in [2.75, 3.05) is 11.6 Å². The SMILES string of the molecule is [CH-]=NC(=[CH-])Nc1cc(C)nc(S(C)(=O)=O)n1.[Y]. The third-order valence-corrected chi connectivity index (χ3v) is 2.41. The Kier molecular flexibility index (Phi) is 6.08. The summed E-state index contributed by atoms with van der Waals surface area (Å²) in [5.74, 6) is 0.150. The molecule has 1 rings (SSSR count). The van der Waals surface area contributed by atoms with Crippen LogP contribution in [0.2, 0.25) is 0 Å². The van der Waals surface area contributed by atoms with Gasteiger partial charge in [0.1, 0.15) is 5.82 Å². The molecule has 89 valence electrons. The Balaban J connectivity index is 0.00000256. The standard InChI is InChI=1S/C9H10N4O2S.Y/c1-6-5-8(12-7(2)10-3)13-9(11-6)16(4,14)15;/h2-3,5H,1,4H3,(H,11,12,13);/q-2;. The van der Waals surface area contributed by atoms with Gasteiger partial charge in [0, 0.05) is 50.7 Å². The Bertz CT molecular complexity index is 542. The van der Waals surface area contributed by atoms with E-state index in [4.69, 9.17) is 13.3 Å². The van der Waals surface area contributed by atoms with Gasteiger partial charge in [0.15, 0.2) is 0 Å². The van der Waals surface area contributed by atoms with E-state index in [1.807, 2.05) is 0 Å². The van der Waals surface area contributed by atoms with Gasteiger partial charge in [-0.15, -0.1) is 0 Å². The fourth-order valence-corrected chi connectivity index (χ4v) is 1.51. The third-order valence-electron chi connectivity index (χ3n) is 1.56. The molecule has 0 bridgehead atoms. The van der Waals surface area contributed by atoms with Gasteiger partial charge in [0.2, 0.25) is 15.0 Å². The average Bonchev–Trinajstić information content (AvgIpc) is 2.15. The minimum Gasteiger partial charge on any atom is -0.577 e. The number of nitrogens with one attached hydrogen (secondary N) is 1. The van der Waals surface area contributed by atoms with E-state index in [-0.39, 0.29) is 49.5 Å². The van der Waals surface area contributed by atoms with Crippen LogP contribution in [0.3, 0.4) is 0 Å². The predicted octanol–water partition coefficient (Wildman–Crippen LogP) is 0.450. The molecule has 1 aromatic heterocycles. The van der Waals surface area contributed by atoms with Crippen LogP contribution in [0.25, 0.3) is 0 Å². The molecule has 8 heteroatoms. The molecule has 0 aliphatic heterocycles. The monoisotopic (exact) mass is 327 g/mol. The number of anilines is 1. The fourth-order valence-electron chi connectivity index (χ4n) is 0.935. The van der Waals surface area contributed by atoms with Crippen LogP contribution in [0.1, 0.15) is 5.69 Å². The van der Waals surface area contributed by atoms with E-state index in [0.29, 0.717) is 5.69 Å². The first kappa shape index (κ1) is 16.3. The first-order chi connectivity index (χ1) is 7.32. The largest absolute Gasteiger partial charge is 0.577 e. The second kappa shape index (κ2) is 6.32. The van der Waals surface area contributed by atoms with E-state index < -0.39 is 9.84 Å². The van der Waals surface area contributed by atoms with Crippen LogP contribution in [0, 0.1) is 13.5 Å². The van der Waals surface area contributed by atoms with Gasteiger partial charge in [0.25, 0.3) is 0 Å². The summed E-state index contributed by atoms with van der Waals surface area (Å²) in [6.45, 7) is 11.9. The fraction of sp³-hybridized carbons (Fsp3) is 0.222. The van der Waals surface area contributed by atoms with Crippen molar-refractivity contribution in [1.82, 2.24) is 9.97 Å². The zero-order chi connectivity index (χ0) is 12.3. The molecular formula is C9H10N4O2SY-2. The van der Waals surface area contributed by atoms with Crippen molar-refractivity contribution in [3.8, 4) is 0 Å². The second-order valence-corrected chi connectivity index (χ2v) is 5.00. The van der Waals surface area contributed by atoms with Crippen LogP contribution in [-0.4, -0.2) is 31.4 Å². The van der Waals surface area contributed by atoms with Gasteiger partial charge in [-0.3, -0.25) is 0 Å². The molecule has 1 aromatic rings. The molecule has 0 saturated heterocycles. The molecule has 1 heterocycles. The van der Waals surface area contributed by atoms with Crippen LogP contribution >= 0.6 is 0 Å². The van der Waals surface area contributed by atoms with Gasteiger partial charge in [-0.25, -0.2) is 24.2 Å². The number of aliphatic imine (C=N–C) groups is 1. The molecule has 17 heavy (non-hydrogen) atoms. The van der Waals surface area contributed by atoms with Crippen LogP contribution in [0.15, 0.2) is 22.0 Å². The van der Waals surface area contributed by atoms with E-state index in [2.05, 4.69) is 20.3 Å². The molecule has 0 saturated carbocycles. The van der Waals surface area contributed by atoms with Crippen LogP contribution in [0.5, 0.6) is 0 Å². The molecule has 0 amide bonds. The molecular weight excluding hydrogens is 317 g/mol. The summed E-state index contributed by atoms with van der Waals surface area (Å²) in [5, 5.41) is 2.25. The molecule has 0 aliphatic rings. The maximum atomic E-state index is 11.3. The van der Waals surface area contributed by atoms with Gasteiger partial charge in [0.05, 0.1) is 0 Å². The van der Waals surface area contributed by atoms with E-state index in [9.17, 15) is 8.42 Å². The number of aryl methyl sites for hydroxylation is 1. The first-order valence-electron chi connectivity index (χ1n) is 4.19. The number of aromatic nitrogens is 2. The van der Waals surface area contributed by atoms with Crippen LogP contribution < -0.4 is 5.32 Å². The van der Waals surface area contributed by atoms with E-state index in [0.717, 1.165) is 6.26 Å². The maximum absolute atomic E-state index is 11.3. The topological polar surface area (TPSA) is 84.3 Å².